The van der Waals surface area contributed by atoms with Gasteiger partial charge in [-0.3, -0.25) is 9.59 Å². The van der Waals surface area contributed by atoms with Crippen LogP contribution in [0.3, 0.4) is 0 Å². The molecule has 0 radical (unpaired) electrons. The molecule has 0 aromatic heterocycles. The van der Waals surface area contributed by atoms with Gasteiger partial charge >= 0.3 is 11.9 Å². The van der Waals surface area contributed by atoms with Crippen molar-refractivity contribution in [2.75, 3.05) is 19.8 Å². The van der Waals surface area contributed by atoms with Crippen LogP contribution in [-0.2, 0) is 23.8 Å². The van der Waals surface area contributed by atoms with E-state index in [1.807, 2.05) is 0 Å². The first kappa shape index (κ1) is 57.9. The molecule has 0 amide bonds. The van der Waals surface area contributed by atoms with Crippen LogP contribution in [0.25, 0.3) is 0 Å². The Morgan fingerprint density at radius 2 is 0.717 bits per heavy atom. The highest BCUT2D eigenvalue weighted by Crippen LogP contribution is 2.14. The van der Waals surface area contributed by atoms with Gasteiger partial charge in [0.25, 0.3) is 0 Å². The summed E-state index contributed by atoms with van der Waals surface area (Å²) in [6.45, 7) is 7.75. The van der Waals surface area contributed by atoms with Crippen molar-refractivity contribution >= 4 is 11.9 Å². The number of esters is 2. The molecule has 0 saturated heterocycles. The van der Waals surface area contributed by atoms with E-state index in [9.17, 15) is 9.59 Å². The van der Waals surface area contributed by atoms with E-state index < -0.39 is 6.10 Å². The molecule has 0 aliphatic heterocycles. The minimum atomic E-state index is -0.543. The smallest absolute Gasteiger partial charge is 0.306 e. The fraction of sp³-hybridized carbons (Fsp3) is 0.818. The van der Waals surface area contributed by atoms with Gasteiger partial charge in [-0.15, -0.1) is 0 Å². The van der Waals surface area contributed by atoms with Gasteiger partial charge in [0.15, 0.2) is 6.10 Å². The zero-order chi connectivity index (χ0) is 43.5. The summed E-state index contributed by atoms with van der Waals surface area (Å²) in [7, 11) is 0. The molecular formula is C55H100O5. The molecule has 1 unspecified atom stereocenters. The van der Waals surface area contributed by atoms with Crippen molar-refractivity contribution in [1.29, 1.82) is 0 Å². The number of hydrogen-bond donors (Lipinski definition) is 0. The Balaban J connectivity index is 4.20. The van der Waals surface area contributed by atoms with Crippen LogP contribution in [0.4, 0.5) is 0 Å². The molecule has 0 heterocycles. The first-order valence-corrected chi connectivity index (χ1v) is 26.2. The third-order valence-electron chi connectivity index (χ3n) is 11.3. The molecule has 0 aliphatic carbocycles. The second-order valence-electron chi connectivity index (χ2n) is 17.4. The van der Waals surface area contributed by atoms with Gasteiger partial charge in [-0.2, -0.15) is 0 Å². The maximum Gasteiger partial charge on any atom is 0.306 e. The van der Waals surface area contributed by atoms with Gasteiger partial charge in [0.1, 0.15) is 6.61 Å². The molecule has 0 N–H and O–H groups in total. The Kier molecular flexibility index (Phi) is 49.4. The number of rotatable bonds is 48. The summed E-state index contributed by atoms with van der Waals surface area (Å²) in [5.74, 6) is -0.412. The van der Waals surface area contributed by atoms with Crippen LogP contribution in [0.1, 0.15) is 265 Å². The summed E-state index contributed by atoms with van der Waals surface area (Å²) in [6.07, 6.45) is 62.6. The van der Waals surface area contributed by atoms with Crippen LogP contribution in [-0.4, -0.2) is 37.9 Å². The Morgan fingerprint density at radius 3 is 1.20 bits per heavy atom. The SMILES string of the molecule is CCCC/C=C\CCCCCCCC(=O)OC(COCCCCCCCCCCCC/C=C\C/C=C\CCCCC)COC(=O)CCCCCCC/C=C\CCCCCC. The predicted molar refractivity (Wildman–Crippen MR) is 261 cm³/mol. The summed E-state index contributed by atoms with van der Waals surface area (Å²) >= 11 is 0. The van der Waals surface area contributed by atoms with Crippen LogP contribution in [0.2, 0.25) is 0 Å². The summed E-state index contributed by atoms with van der Waals surface area (Å²) in [6, 6.07) is 0. The number of unbranched alkanes of at least 4 members (excludes halogenated alkanes) is 29. The maximum atomic E-state index is 12.8. The van der Waals surface area contributed by atoms with Crippen LogP contribution in [0.15, 0.2) is 48.6 Å². The number of carbonyl (C=O) groups excluding carboxylic acids is 2. The second-order valence-corrected chi connectivity index (χ2v) is 17.4. The molecule has 0 rings (SSSR count). The van der Waals surface area contributed by atoms with Gasteiger partial charge in [0, 0.05) is 19.4 Å². The van der Waals surface area contributed by atoms with Crippen molar-refractivity contribution in [3.05, 3.63) is 48.6 Å². The molecular weight excluding hydrogens is 741 g/mol. The molecule has 0 aromatic rings. The Bertz CT molecular complexity index is 997. The molecule has 0 aromatic carbocycles. The lowest BCUT2D eigenvalue weighted by atomic mass is 10.1. The standard InChI is InChI=1S/C55H100O5/c1-4-7-10-13-16-19-22-24-25-26-27-28-29-30-32-35-38-41-44-47-50-58-51-53(60-55(57)49-46-43-40-37-33-21-18-15-12-9-6-3)52-59-54(56)48-45-42-39-36-34-31-23-20-17-14-11-8-5-2/h15-16,18-20,23-25,53H,4-14,17,21-22,26-52H2,1-3H3/b18-15-,19-16-,23-20-,25-24-. The van der Waals surface area contributed by atoms with Gasteiger partial charge in [-0.1, -0.05) is 204 Å². The molecule has 350 valence electrons. The van der Waals surface area contributed by atoms with Crippen molar-refractivity contribution in [3.8, 4) is 0 Å². The molecule has 5 heteroatoms. The molecule has 5 nitrogen and oxygen atoms in total. The van der Waals surface area contributed by atoms with Gasteiger partial charge in [-0.05, 0) is 96.3 Å². The lowest BCUT2D eigenvalue weighted by molar-refractivity contribution is -0.163. The summed E-state index contributed by atoms with van der Waals surface area (Å²) in [4.78, 5) is 25.3. The largest absolute Gasteiger partial charge is 0.462 e. The molecule has 60 heavy (non-hydrogen) atoms. The summed E-state index contributed by atoms with van der Waals surface area (Å²) in [5, 5.41) is 0. The van der Waals surface area contributed by atoms with Crippen LogP contribution in [0, 0.1) is 0 Å². The average molecular weight is 841 g/mol. The van der Waals surface area contributed by atoms with Crippen LogP contribution < -0.4 is 0 Å². The fourth-order valence-electron chi connectivity index (χ4n) is 7.34. The van der Waals surface area contributed by atoms with Crippen LogP contribution >= 0.6 is 0 Å². The van der Waals surface area contributed by atoms with E-state index in [-0.39, 0.29) is 25.2 Å². The number of carbonyl (C=O) groups is 2. The van der Waals surface area contributed by atoms with Gasteiger partial charge < -0.3 is 14.2 Å². The van der Waals surface area contributed by atoms with E-state index in [4.69, 9.17) is 14.2 Å². The second kappa shape index (κ2) is 51.2. The highest BCUT2D eigenvalue weighted by Gasteiger charge is 2.17. The average Bonchev–Trinajstić information content (AvgIpc) is 3.25. The Hall–Kier alpha value is -2.14. The topological polar surface area (TPSA) is 61.8 Å². The number of hydrogen-bond acceptors (Lipinski definition) is 5. The molecule has 0 bridgehead atoms. The zero-order valence-corrected chi connectivity index (χ0v) is 40.2. The maximum absolute atomic E-state index is 12.8. The molecule has 0 saturated carbocycles. The third kappa shape index (κ3) is 48.5. The molecule has 1 atom stereocenters. The van der Waals surface area contributed by atoms with Crippen molar-refractivity contribution < 1.29 is 23.8 Å². The fourth-order valence-corrected chi connectivity index (χ4v) is 7.34. The van der Waals surface area contributed by atoms with E-state index in [0.717, 1.165) is 70.6 Å². The zero-order valence-electron chi connectivity index (χ0n) is 40.2. The number of ether oxygens (including phenoxy) is 3. The predicted octanol–water partition coefficient (Wildman–Crippen LogP) is 17.6. The quantitative estimate of drug-likeness (QED) is 0.0347. The Labute approximate surface area is 373 Å². The minimum Gasteiger partial charge on any atom is -0.462 e. The van der Waals surface area contributed by atoms with E-state index in [0.29, 0.717) is 19.4 Å². The highest BCUT2D eigenvalue weighted by molar-refractivity contribution is 5.70. The monoisotopic (exact) mass is 841 g/mol. The van der Waals surface area contributed by atoms with Crippen molar-refractivity contribution in [2.45, 2.75) is 271 Å². The summed E-state index contributed by atoms with van der Waals surface area (Å²) < 4.78 is 17.4. The van der Waals surface area contributed by atoms with E-state index in [1.165, 1.54) is 161 Å². The van der Waals surface area contributed by atoms with Crippen molar-refractivity contribution in [1.82, 2.24) is 0 Å². The van der Waals surface area contributed by atoms with E-state index >= 15 is 0 Å². The van der Waals surface area contributed by atoms with Gasteiger partial charge in [-0.25, -0.2) is 0 Å². The lowest BCUT2D eigenvalue weighted by Gasteiger charge is -2.18. The number of allylic oxidation sites excluding steroid dienone is 8. The molecule has 0 fully saturated rings. The normalized spacial score (nSPS) is 12.5. The first-order valence-electron chi connectivity index (χ1n) is 26.2. The van der Waals surface area contributed by atoms with Gasteiger partial charge in [0.2, 0.25) is 0 Å². The van der Waals surface area contributed by atoms with Crippen molar-refractivity contribution in [3.63, 3.8) is 0 Å². The highest BCUT2D eigenvalue weighted by atomic mass is 16.6. The van der Waals surface area contributed by atoms with E-state index in [2.05, 4.69) is 69.4 Å². The molecule has 0 aliphatic rings. The van der Waals surface area contributed by atoms with Crippen LogP contribution in [0.5, 0.6) is 0 Å². The summed E-state index contributed by atoms with van der Waals surface area (Å²) in [5.41, 5.74) is 0. The van der Waals surface area contributed by atoms with Crippen molar-refractivity contribution in [2.24, 2.45) is 0 Å². The van der Waals surface area contributed by atoms with E-state index in [1.54, 1.807) is 0 Å². The third-order valence-corrected chi connectivity index (χ3v) is 11.3. The molecule has 0 spiro atoms. The Morgan fingerprint density at radius 1 is 0.367 bits per heavy atom. The first-order chi connectivity index (χ1) is 29.6. The lowest BCUT2D eigenvalue weighted by Crippen LogP contribution is -2.30. The van der Waals surface area contributed by atoms with Gasteiger partial charge in [0.05, 0.1) is 6.61 Å². The minimum absolute atomic E-state index is 0.0781.